The second-order valence-electron chi connectivity index (χ2n) is 8.53. The van der Waals surface area contributed by atoms with Crippen molar-refractivity contribution in [3.05, 3.63) is 52.4 Å². The number of hydrogen-bond donors (Lipinski definition) is 1. The van der Waals surface area contributed by atoms with Gasteiger partial charge in [-0.05, 0) is 37.6 Å². The van der Waals surface area contributed by atoms with E-state index in [4.69, 9.17) is 16.3 Å². The van der Waals surface area contributed by atoms with Gasteiger partial charge in [0.25, 0.3) is 6.43 Å². The van der Waals surface area contributed by atoms with Crippen LogP contribution >= 0.6 is 11.6 Å². The fraction of sp³-hybridized carbons (Fsp3) is 0.333. The molecule has 0 amide bonds. The number of nitrogens with zero attached hydrogens (tertiary/aromatic N) is 6. The summed E-state index contributed by atoms with van der Waals surface area (Å²) in [5.41, 5.74) is 1.93. The van der Waals surface area contributed by atoms with Crippen LogP contribution in [0.3, 0.4) is 0 Å². The van der Waals surface area contributed by atoms with Gasteiger partial charge in [-0.2, -0.15) is 14.9 Å². The topological polar surface area (TPSA) is 99.6 Å². The normalized spacial score (nSPS) is 15.1. The summed E-state index contributed by atoms with van der Waals surface area (Å²) in [6.07, 6.45) is -2.01. The Bertz CT molecular complexity index is 1480. The maximum absolute atomic E-state index is 13.8. The molecule has 35 heavy (non-hydrogen) atoms. The first-order valence-corrected chi connectivity index (χ1v) is 11.4. The fourth-order valence-electron chi connectivity index (χ4n) is 4.36. The molecular weight excluding hydrogens is 478 g/mol. The highest BCUT2D eigenvalue weighted by atomic mass is 35.5. The third kappa shape index (κ3) is 4.05. The molecule has 1 aromatic carbocycles. The van der Waals surface area contributed by atoms with Gasteiger partial charge in [0, 0.05) is 35.3 Å². The van der Waals surface area contributed by atoms with Gasteiger partial charge in [0.05, 0.1) is 30.0 Å². The SMILES string of the molecule is Cc1nc2c(C#N)c(C(F)F)nn2c(N2CC(OCC(C)O)C2)c1-c1ccnc2cc(Cl)ccc12. The largest absolute Gasteiger partial charge is 0.391 e. The Morgan fingerprint density at radius 1 is 1.31 bits per heavy atom. The van der Waals surface area contributed by atoms with Gasteiger partial charge in [0.1, 0.15) is 23.1 Å². The molecule has 11 heteroatoms. The van der Waals surface area contributed by atoms with E-state index in [1.807, 2.05) is 23.1 Å². The minimum absolute atomic E-state index is 0.0776. The van der Waals surface area contributed by atoms with Crippen LogP contribution in [0.1, 0.15) is 30.3 Å². The molecule has 1 unspecified atom stereocenters. The minimum Gasteiger partial charge on any atom is -0.391 e. The molecule has 5 rings (SSSR count). The highest BCUT2D eigenvalue weighted by Crippen LogP contribution is 2.40. The lowest BCUT2D eigenvalue weighted by atomic mass is 9.98. The predicted octanol–water partition coefficient (Wildman–Crippen LogP) is 4.30. The molecule has 0 saturated carbocycles. The Kier molecular flexibility index (Phi) is 6.01. The van der Waals surface area contributed by atoms with Crippen LogP contribution < -0.4 is 4.90 Å². The molecule has 3 aromatic heterocycles. The number of hydrogen-bond acceptors (Lipinski definition) is 7. The molecule has 1 saturated heterocycles. The summed E-state index contributed by atoms with van der Waals surface area (Å²) in [4.78, 5) is 10.9. The van der Waals surface area contributed by atoms with E-state index >= 15 is 0 Å². The number of aryl methyl sites for hydroxylation is 1. The van der Waals surface area contributed by atoms with Crippen LogP contribution in [-0.2, 0) is 4.74 Å². The van der Waals surface area contributed by atoms with Crippen molar-refractivity contribution >= 4 is 34.0 Å². The molecule has 4 heterocycles. The molecular formula is C24H21ClF2N6O2. The van der Waals surface area contributed by atoms with Crippen LogP contribution in [0.15, 0.2) is 30.5 Å². The lowest BCUT2D eigenvalue weighted by Gasteiger charge is -2.41. The summed E-state index contributed by atoms with van der Waals surface area (Å²) >= 11 is 6.17. The van der Waals surface area contributed by atoms with Crippen molar-refractivity contribution in [3.8, 4) is 17.2 Å². The van der Waals surface area contributed by atoms with Crippen LogP contribution in [-0.4, -0.2) is 56.6 Å². The molecule has 1 fully saturated rings. The second-order valence-corrected chi connectivity index (χ2v) is 8.97. The molecule has 1 N–H and O–H groups in total. The Balaban J connectivity index is 1.74. The third-order valence-corrected chi connectivity index (χ3v) is 6.20. The molecule has 1 aliphatic heterocycles. The van der Waals surface area contributed by atoms with E-state index in [0.717, 1.165) is 10.9 Å². The maximum Gasteiger partial charge on any atom is 0.283 e. The van der Waals surface area contributed by atoms with Gasteiger partial charge in [-0.25, -0.2) is 13.8 Å². The molecule has 0 spiro atoms. The van der Waals surface area contributed by atoms with Crippen LogP contribution in [0, 0.1) is 18.3 Å². The monoisotopic (exact) mass is 498 g/mol. The number of aliphatic hydroxyl groups is 1. The van der Waals surface area contributed by atoms with Gasteiger partial charge in [-0.3, -0.25) is 4.98 Å². The number of pyridine rings is 1. The van der Waals surface area contributed by atoms with Crippen LogP contribution in [0.25, 0.3) is 27.7 Å². The third-order valence-electron chi connectivity index (χ3n) is 5.96. The van der Waals surface area contributed by atoms with Gasteiger partial charge in [0.15, 0.2) is 5.65 Å². The number of nitriles is 1. The fourth-order valence-corrected chi connectivity index (χ4v) is 4.52. The van der Waals surface area contributed by atoms with Gasteiger partial charge >= 0.3 is 0 Å². The number of anilines is 1. The molecule has 0 aliphatic carbocycles. The zero-order valence-corrected chi connectivity index (χ0v) is 19.7. The Morgan fingerprint density at radius 3 is 2.77 bits per heavy atom. The van der Waals surface area contributed by atoms with E-state index < -0.39 is 18.2 Å². The zero-order valence-electron chi connectivity index (χ0n) is 18.9. The lowest BCUT2D eigenvalue weighted by molar-refractivity contribution is -0.0146. The van der Waals surface area contributed by atoms with E-state index in [1.54, 1.807) is 32.2 Å². The first kappa shape index (κ1) is 23.4. The first-order valence-electron chi connectivity index (χ1n) is 11.0. The maximum atomic E-state index is 13.8. The number of rotatable bonds is 6. The number of fused-ring (bicyclic) bond motifs is 2. The Morgan fingerprint density at radius 2 is 2.09 bits per heavy atom. The van der Waals surface area contributed by atoms with E-state index in [1.165, 1.54) is 4.52 Å². The minimum atomic E-state index is -2.93. The van der Waals surface area contributed by atoms with E-state index in [2.05, 4.69) is 15.1 Å². The van der Waals surface area contributed by atoms with E-state index in [9.17, 15) is 19.1 Å². The second kappa shape index (κ2) is 9.00. The summed E-state index contributed by atoms with van der Waals surface area (Å²) in [5, 5.41) is 24.6. The number of halogens is 3. The van der Waals surface area contributed by atoms with Gasteiger partial charge < -0.3 is 14.7 Å². The smallest absolute Gasteiger partial charge is 0.283 e. The van der Waals surface area contributed by atoms with E-state index in [0.29, 0.717) is 40.7 Å². The average Bonchev–Trinajstić information content (AvgIpc) is 3.15. The highest BCUT2D eigenvalue weighted by molar-refractivity contribution is 6.31. The van der Waals surface area contributed by atoms with Crippen molar-refractivity contribution in [2.75, 3.05) is 24.6 Å². The van der Waals surface area contributed by atoms with Crippen molar-refractivity contribution in [2.24, 2.45) is 0 Å². The molecule has 180 valence electrons. The number of aliphatic hydroxyl groups excluding tert-OH is 1. The average molecular weight is 499 g/mol. The quantitative estimate of drug-likeness (QED) is 0.423. The standard InChI is InChI=1S/C24H21ClF2N6O2/c1-12(34)11-35-15-9-32(10-15)24-20(17-5-6-29-19-7-14(25)3-4-16(17)19)13(2)30-23-18(8-28)21(22(26)27)31-33(23)24/h3-7,12,15,22,34H,9-11H2,1-2H3. The summed E-state index contributed by atoms with van der Waals surface area (Å²) < 4.78 is 34.6. The van der Waals surface area contributed by atoms with Crippen molar-refractivity contribution < 1.29 is 18.6 Å². The number of benzene rings is 1. The molecule has 0 radical (unpaired) electrons. The van der Waals surface area contributed by atoms with Crippen molar-refractivity contribution in [3.63, 3.8) is 0 Å². The van der Waals surface area contributed by atoms with Crippen molar-refractivity contribution in [1.82, 2.24) is 19.6 Å². The Hall–Kier alpha value is -3.39. The van der Waals surface area contributed by atoms with Crippen molar-refractivity contribution in [1.29, 1.82) is 5.26 Å². The van der Waals surface area contributed by atoms with Crippen molar-refractivity contribution in [2.45, 2.75) is 32.5 Å². The summed E-state index contributed by atoms with van der Waals surface area (Å²) in [6, 6.07) is 9.04. The molecule has 1 aliphatic rings. The number of aromatic nitrogens is 4. The lowest BCUT2D eigenvalue weighted by Crippen LogP contribution is -2.53. The van der Waals surface area contributed by atoms with E-state index in [-0.39, 0.29) is 23.9 Å². The number of ether oxygens (including phenoxy) is 1. The molecule has 1 atom stereocenters. The summed E-state index contributed by atoms with van der Waals surface area (Å²) in [5.74, 6) is 0.537. The molecule has 0 bridgehead atoms. The van der Waals surface area contributed by atoms with Gasteiger partial charge in [-0.1, -0.05) is 17.7 Å². The van der Waals surface area contributed by atoms with Crippen LogP contribution in [0.2, 0.25) is 5.02 Å². The first-order chi connectivity index (χ1) is 16.8. The van der Waals surface area contributed by atoms with Crippen LogP contribution in [0.5, 0.6) is 0 Å². The zero-order chi connectivity index (χ0) is 24.9. The highest BCUT2D eigenvalue weighted by Gasteiger charge is 2.35. The van der Waals surface area contributed by atoms with Gasteiger partial charge in [0.2, 0.25) is 0 Å². The summed E-state index contributed by atoms with van der Waals surface area (Å²) in [6.45, 7) is 4.53. The summed E-state index contributed by atoms with van der Waals surface area (Å²) in [7, 11) is 0. The molecule has 4 aromatic rings. The molecule has 8 nitrogen and oxygen atoms in total. The number of alkyl halides is 2. The Labute approximate surface area is 204 Å². The predicted molar refractivity (Wildman–Crippen MR) is 127 cm³/mol. The van der Waals surface area contributed by atoms with Gasteiger partial charge in [-0.15, -0.1) is 0 Å². The van der Waals surface area contributed by atoms with Crippen LogP contribution in [0.4, 0.5) is 14.6 Å².